The standard InChI is InChI=1S/C25H35N3O3S/c1-17(2)31-16-8-13-26-23(29)18(3)20-11-14-28(15-12-20)25(30)22-19(4)27-24(32-22)21-9-6-5-7-10-21/h5-7,9-10,17-18,20H,8,11-16H2,1-4H3,(H,26,29)/t18-/m1/s1. The molecule has 2 aromatic rings. The predicted molar refractivity (Wildman–Crippen MR) is 129 cm³/mol. The third kappa shape index (κ3) is 6.39. The van der Waals surface area contributed by atoms with E-state index in [0.717, 1.165) is 40.4 Å². The van der Waals surface area contributed by atoms with Crippen LogP contribution >= 0.6 is 11.3 Å². The third-order valence-electron chi connectivity index (χ3n) is 6.03. The lowest BCUT2D eigenvalue weighted by atomic mass is 9.84. The molecule has 1 aliphatic rings. The molecule has 32 heavy (non-hydrogen) atoms. The summed E-state index contributed by atoms with van der Waals surface area (Å²) >= 11 is 1.46. The Balaban J connectivity index is 1.48. The summed E-state index contributed by atoms with van der Waals surface area (Å²) in [5.41, 5.74) is 1.82. The van der Waals surface area contributed by atoms with Crippen molar-refractivity contribution >= 4 is 23.2 Å². The van der Waals surface area contributed by atoms with Crippen molar-refractivity contribution in [2.75, 3.05) is 26.2 Å². The highest BCUT2D eigenvalue weighted by molar-refractivity contribution is 7.17. The Morgan fingerprint density at radius 1 is 1.19 bits per heavy atom. The SMILES string of the molecule is Cc1nc(-c2ccccc2)sc1C(=O)N1CCC([C@@H](C)C(=O)NCCCOC(C)C)CC1. The van der Waals surface area contributed by atoms with Gasteiger partial charge in [-0.3, -0.25) is 9.59 Å². The number of carbonyl (C=O) groups excluding carboxylic acids is 2. The van der Waals surface area contributed by atoms with E-state index < -0.39 is 0 Å². The van der Waals surface area contributed by atoms with Crippen LogP contribution in [0.5, 0.6) is 0 Å². The number of piperidine rings is 1. The first kappa shape index (κ1) is 24.4. The molecule has 1 aromatic heterocycles. The first-order valence-corrected chi connectivity index (χ1v) is 12.4. The number of amides is 2. The number of nitrogens with zero attached hydrogens (tertiary/aromatic N) is 2. The number of thiazole rings is 1. The number of rotatable bonds is 9. The number of hydrogen-bond acceptors (Lipinski definition) is 5. The molecular weight excluding hydrogens is 422 g/mol. The monoisotopic (exact) mass is 457 g/mol. The van der Waals surface area contributed by atoms with E-state index in [1.54, 1.807) is 0 Å². The number of benzene rings is 1. The molecular formula is C25H35N3O3S. The highest BCUT2D eigenvalue weighted by Crippen LogP contribution is 2.31. The Morgan fingerprint density at radius 3 is 2.53 bits per heavy atom. The van der Waals surface area contributed by atoms with Crippen LogP contribution in [0.4, 0.5) is 0 Å². The maximum absolute atomic E-state index is 13.1. The van der Waals surface area contributed by atoms with Crippen molar-refractivity contribution in [3.63, 3.8) is 0 Å². The molecule has 2 amide bonds. The van der Waals surface area contributed by atoms with E-state index in [1.165, 1.54) is 11.3 Å². The Hall–Kier alpha value is -2.25. The minimum absolute atomic E-state index is 0.0481. The van der Waals surface area contributed by atoms with Gasteiger partial charge in [-0.1, -0.05) is 37.3 Å². The molecule has 0 aliphatic carbocycles. The average Bonchev–Trinajstić information content (AvgIpc) is 3.19. The van der Waals surface area contributed by atoms with Crippen LogP contribution < -0.4 is 5.32 Å². The van der Waals surface area contributed by atoms with Crippen molar-refractivity contribution in [1.82, 2.24) is 15.2 Å². The van der Waals surface area contributed by atoms with Crippen molar-refractivity contribution in [1.29, 1.82) is 0 Å². The van der Waals surface area contributed by atoms with Crippen molar-refractivity contribution in [2.45, 2.75) is 53.1 Å². The second kappa shape index (κ2) is 11.6. The van der Waals surface area contributed by atoms with Gasteiger partial charge in [0.15, 0.2) is 0 Å². The van der Waals surface area contributed by atoms with Gasteiger partial charge in [0.05, 0.1) is 11.8 Å². The molecule has 2 heterocycles. The summed E-state index contributed by atoms with van der Waals surface area (Å²) in [4.78, 5) is 32.9. The lowest BCUT2D eigenvalue weighted by Crippen LogP contribution is -2.42. The van der Waals surface area contributed by atoms with Crippen LogP contribution in [-0.2, 0) is 9.53 Å². The van der Waals surface area contributed by atoms with E-state index in [2.05, 4.69) is 10.3 Å². The zero-order valence-electron chi connectivity index (χ0n) is 19.6. The number of nitrogens with one attached hydrogen (secondary N) is 1. The van der Waals surface area contributed by atoms with Gasteiger partial charge in [-0.2, -0.15) is 0 Å². The van der Waals surface area contributed by atoms with Gasteiger partial charge in [-0.25, -0.2) is 4.98 Å². The number of aryl methyl sites for hydroxylation is 1. The molecule has 7 heteroatoms. The Labute approximate surface area is 195 Å². The van der Waals surface area contributed by atoms with Crippen LogP contribution in [0.25, 0.3) is 10.6 Å². The number of hydrogen-bond donors (Lipinski definition) is 1. The van der Waals surface area contributed by atoms with Crippen LogP contribution in [0.1, 0.15) is 55.4 Å². The van der Waals surface area contributed by atoms with Gasteiger partial charge in [0, 0.05) is 37.7 Å². The maximum Gasteiger partial charge on any atom is 0.265 e. The molecule has 3 rings (SSSR count). The number of carbonyl (C=O) groups is 2. The summed E-state index contributed by atoms with van der Waals surface area (Å²) in [7, 11) is 0. The fraction of sp³-hybridized carbons (Fsp3) is 0.560. The zero-order chi connectivity index (χ0) is 23.1. The van der Waals surface area contributed by atoms with E-state index in [4.69, 9.17) is 4.74 Å². The largest absolute Gasteiger partial charge is 0.379 e. The van der Waals surface area contributed by atoms with Crippen LogP contribution in [0, 0.1) is 18.8 Å². The van der Waals surface area contributed by atoms with Crippen molar-refractivity contribution in [3.8, 4) is 10.6 Å². The number of likely N-dealkylation sites (tertiary alicyclic amines) is 1. The lowest BCUT2D eigenvalue weighted by Gasteiger charge is -2.34. The molecule has 0 unspecified atom stereocenters. The van der Waals surface area contributed by atoms with Crippen LogP contribution in [0.15, 0.2) is 30.3 Å². The van der Waals surface area contributed by atoms with Gasteiger partial charge in [-0.15, -0.1) is 11.3 Å². The fourth-order valence-corrected chi connectivity index (χ4v) is 5.06. The van der Waals surface area contributed by atoms with E-state index in [9.17, 15) is 9.59 Å². The fourth-order valence-electron chi connectivity index (χ4n) is 4.02. The van der Waals surface area contributed by atoms with Gasteiger partial charge in [0.25, 0.3) is 5.91 Å². The first-order valence-electron chi connectivity index (χ1n) is 11.6. The van der Waals surface area contributed by atoms with Crippen LogP contribution in [0.3, 0.4) is 0 Å². The molecule has 1 aliphatic heterocycles. The van der Waals surface area contributed by atoms with E-state index in [0.29, 0.717) is 32.2 Å². The van der Waals surface area contributed by atoms with Crippen molar-refractivity contribution < 1.29 is 14.3 Å². The maximum atomic E-state index is 13.1. The normalized spacial score (nSPS) is 15.7. The predicted octanol–water partition coefficient (Wildman–Crippen LogP) is 4.54. The second-order valence-corrected chi connectivity index (χ2v) is 9.78. The Morgan fingerprint density at radius 2 is 1.88 bits per heavy atom. The average molecular weight is 458 g/mol. The number of aromatic nitrogens is 1. The van der Waals surface area contributed by atoms with Gasteiger partial charge in [-0.05, 0) is 46.0 Å². The summed E-state index contributed by atoms with van der Waals surface area (Å²) < 4.78 is 5.51. The molecule has 6 nitrogen and oxygen atoms in total. The lowest BCUT2D eigenvalue weighted by molar-refractivity contribution is -0.126. The highest BCUT2D eigenvalue weighted by Gasteiger charge is 2.31. The first-order chi connectivity index (χ1) is 15.4. The highest BCUT2D eigenvalue weighted by atomic mass is 32.1. The number of ether oxygens (including phenoxy) is 1. The van der Waals surface area contributed by atoms with Gasteiger partial charge >= 0.3 is 0 Å². The van der Waals surface area contributed by atoms with Crippen molar-refractivity contribution in [2.24, 2.45) is 11.8 Å². The molecule has 1 fully saturated rings. The topological polar surface area (TPSA) is 71.5 Å². The molecule has 0 bridgehead atoms. The minimum atomic E-state index is -0.0481. The quantitative estimate of drug-likeness (QED) is 0.561. The molecule has 0 radical (unpaired) electrons. The molecule has 1 N–H and O–H groups in total. The smallest absolute Gasteiger partial charge is 0.265 e. The summed E-state index contributed by atoms with van der Waals surface area (Å²) in [5.74, 6) is 0.412. The zero-order valence-corrected chi connectivity index (χ0v) is 20.4. The Kier molecular flexibility index (Phi) is 8.82. The molecule has 1 aromatic carbocycles. The second-order valence-electron chi connectivity index (χ2n) is 8.78. The Bertz CT molecular complexity index is 889. The molecule has 1 saturated heterocycles. The summed E-state index contributed by atoms with van der Waals surface area (Å²) in [6.07, 6.45) is 2.74. The molecule has 1 atom stereocenters. The van der Waals surface area contributed by atoms with E-state index in [-0.39, 0.29) is 23.8 Å². The summed E-state index contributed by atoms with van der Waals surface area (Å²) in [6, 6.07) is 9.97. The van der Waals surface area contributed by atoms with Crippen LogP contribution in [-0.4, -0.2) is 54.0 Å². The van der Waals surface area contributed by atoms with E-state index in [1.807, 2.05) is 62.9 Å². The summed E-state index contributed by atoms with van der Waals surface area (Å²) in [6.45, 7) is 10.6. The van der Waals surface area contributed by atoms with E-state index >= 15 is 0 Å². The minimum Gasteiger partial charge on any atom is -0.379 e. The van der Waals surface area contributed by atoms with Gasteiger partial charge < -0.3 is 15.0 Å². The van der Waals surface area contributed by atoms with Gasteiger partial charge in [0.1, 0.15) is 9.88 Å². The third-order valence-corrected chi connectivity index (χ3v) is 7.23. The summed E-state index contributed by atoms with van der Waals surface area (Å²) in [5, 5.41) is 3.91. The molecule has 0 saturated carbocycles. The molecule has 0 spiro atoms. The van der Waals surface area contributed by atoms with Gasteiger partial charge in [0.2, 0.25) is 5.91 Å². The van der Waals surface area contributed by atoms with Crippen LogP contribution in [0.2, 0.25) is 0 Å². The van der Waals surface area contributed by atoms with Crippen molar-refractivity contribution in [3.05, 3.63) is 40.9 Å². The molecule has 174 valence electrons.